The van der Waals surface area contributed by atoms with Gasteiger partial charge in [-0.1, -0.05) is 12.6 Å². The molecular weight excluding hydrogens is 211 g/mol. The van der Waals surface area contributed by atoms with E-state index in [2.05, 4.69) is 11.3 Å². The fourth-order valence-electron chi connectivity index (χ4n) is 1.22. The van der Waals surface area contributed by atoms with E-state index in [1.54, 1.807) is 6.07 Å². The van der Waals surface area contributed by atoms with E-state index in [1.807, 2.05) is 6.92 Å². The second kappa shape index (κ2) is 5.30. The molecule has 4 heteroatoms. The number of carbonyl (C=O) groups excluding carboxylic acids is 1. The van der Waals surface area contributed by atoms with Gasteiger partial charge in [-0.2, -0.15) is 0 Å². The lowest BCUT2D eigenvalue weighted by Gasteiger charge is -2.08. The molecular formula is C12H13FO3. The Hall–Kier alpha value is -1.84. The zero-order chi connectivity index (χ0) is 12.1. The molecule has 1 aromatic rings. The summed E-state index contributed by atoms with van der Waals surface area (Å²) in [4.78, 5) is 11.1. The van der Waals surface area contributed by atoms with Gasteiger partial charge >= 0.3 is 5.97 Å². The van der Waals surface area contributed by atoms with E-state index in [-0.39, 0.29) is 5.56 Å². The molecule has 0 unspecified atom stereocenters. The summed E-state index contributed by atoms with van der Waals surface area (Å²) >= 11 is 0. The fraction of sp³-hybridized carbons (Fsp3) is 0.250. The highest BCUT2D eigenvalue weighted by Crippen LogP contribution is 2.18. The first-order valence-electron chi connectivity index (χ1n) is 4.80. The number of benzene rings is 1. The minimum absolute atomic E-state index is 0.101. The SMILES string of the molecule is C=C(OCC)c1ccc(C(=O)OC)c(F)c1. The molecule has 1 rings (SSSR count). The molecule has 0 aliphatic rings. The van der Waals surface area contributed by atoms with Gasteiger partial charge in [-0.15, -0.1) is 0 Å². The number of halogens is 1. The van der Waals surface area contributed by atoms with Gasteiger partial charge in [0.15, 0.2) is 0 Å². The van der Waals surface area contributed by atoms with Crippen molar-refractivity contribution in [2.24, 2.45) is 0 Å². The molecule has 0 aliphatic heterocycles. The Morgan fingerprint density at radius 2 is 2.19 bits per heavy atom. The van der Waals surface area contributed by atoms with Crippen molar-refractivity contribution in [2.45, 2.75) is 6.92 Å². The summed E-state index contributed by atoms with van der Waals surface area (Å²) in [5, 5.41) is 0. The summed E-state index contributed by atoms with van der Waals surface area (Å²) in [7, 11) is 1.20. The van der Waals surface area contributed by atoms with Crippen molar-refractivity contribution in [1.82, 2.24) is 0 Å². The van der Waals surface area contributed by atoms with Gasteiger partial charge in [0.2, 0.25) is 0 Å². The largest absolute Gasteiger partial charge is 0.494 e. The molecule has 1 aromatic carbocycles. The van der Waals surface area contributed by atoms with Gasteiger partial charge in [0.25, 0.3) is 0 Å². The van der Waals surface area contributed by atoms with Crippen LogP contribution in [-0.4, -0.2) is 19.7 Å². The topological polar surface area (TPSA) is 35.5 Å². The summed E-state index contributed by atoms with van der Waals surface area (Å²) in [6.07, 6.45) is 0. The molecule has 86 valence electrons. The first kappa shape index (κ1) is 12.2. The van der Waals surface area contributed by atoms with E-state index in [1.165, 1.54) is 19.2 Å². The van der Waals surface area contributed by atoms with Crippen LogP contribution in [0.2, 0.25) is 0 Å². The maximum Gasteiger partial charge on any atom is 0.340 e. The third-order valence-corrected chi connectivity index (χ3v) is 2.01. The van der Waals surface area contributed by atoms with E-state index in [4.69, 9.17) is 4.74 Å². The average molecular weight is 224 g/mol. The van der Waals surface area contributed by atoms with Gasteiger partial charge in [-0.3, -0.25) is 0 Å². The monoisotopic (exact) mass is 224 g/mol. The lowest BCUT2D eigenvalue weighted by Crippen LogP contribution is -2.05. The molecule has 0 aliphatic carbocycles. The summed E-state index contributed by atoms with van der Waals surface area (Å²) < 4.78 is 23.1. The van der Waals surface area contributed by atoms with Crippen LogP contribution < -0.4 is 0 Å². The van der Waals surface area contributed by atoms with Crippen LogP contribution in [0.3, 0.4) is 0 Å². The van der Waals surface area contributed by atoms with Crippen LogP contribution in [0.5, 0.6) is 0 Å². The third-order valence-electron chi connectivity index (χ3n) is 2.01. The predicted molar refractivity (Wildman–Crippen MR) is 58.4 cm³/mol. The van der Waals surface area contributed by atoms with Gasteiger partial charge in [0.05, 0.1) is 19.3 Å². The van der Waals surface area contributed by atoms with Crippen molar-refractivity contribution < 1.29 is 18.7 Å². The van der Waals surface area contributed by atoms with Crippen molar-refractivity contribution in [1.29, 1.82) is 0 Å². The quantitative estimate of drug-likeness (QED) is 0.582. The molecule has 0 bridgehead atoms. The highest BCUT2D eigenvalue weighted by atomic mass is 19.1. The van der Waals surface area contributed by atoms with E-state index in [0.29, 0.717) is 17.9 Å². The van der Waals surface area contributed by atoms with Gasteiger partial charge in [0, 0.05) is 5.56 Å². The molecule has 16 heavy (non-hydrogen) atoms. The van der Waals surface area contributed by atoms with Crippen LogP contribution in [0.1, 0.15) is 22.8 Å². The molecule has 0 atom stereocenters. The number of carbonyl (C=O) groups is 1. The van der Waals surface area contributed by atoms with Crippen LogP contribution in [0.15, 0.2) is 24.8 Å². The zero-order valence-electron chi connectivity index (χ0n) is 9.25. The zero-order valence-corrected chi connectivity index (χ0v) is 9.25. The maximum absolute atomic E-state index is 13.5. The number of rotatable bonds is 4. The second-order valence-electron chi connectivity index (χ2n) is 3.04. The van der Waals surface area contributed by atoms with E-state index in [0.717, 1.165) is 0 Å². The fourth-order valence-corrected chi connectivity index (χ4v) is 1.22. The Kier molecular flexibility index (Phi) is 4.05. The molecule has 0 radical (unpaired) electrons. The van der Waals surface area contributed by atoms with Crippen molar-refractivity contribution in [2.75, 3.05) is 13.7 Å². The number of ether oxygens (including phenoxy) is 2. The van der Waals surface area contributed by atoms with Crippen LogP contribution in [0.25, 0.3) is 5.76 Å². The number of esters is 1. The summed E-state index contributed by atoms with van der Waals surface area (Å²) in [6, 6.07) is 4.11. The molecule has 0 fully saturated rings. The van der Waals surface area contributed by atoms with Crippen molar-refractivity contribution in [3.05, 3.63) is 41.7 Å². The molecule has 3 nitrogen and oxygen atoms in total. The molecule has 0 N–H and O–H groups in total. The Morgan fingerprint density at radius 3 is 2.69 bits per heavy atom. The maximum atomic E-state index is 13.5. The van der Waals surface area contributed by atoms with Crippen LogP contribution in [0, 0.1) is 5.82 Å². The lowest BCUT2D eigenvalue weighted by atomic mass is 10.1. The van der Waals surface area contributed by atoms with Gasteiger partial charge in [-0.05, 0) is 19.1 Å². The Labute approximate surface area is 93.5 Å². The first-order valence-corrected chi connectivity index (χ1v) is 4.80. The van der Waals surface area contributed by atoms with E-state index < -0.39 is 11.8 Å². The normalized spacial score (nSPS) is 9.69. The Morgan fingerprint density at radius 1 is 1.50 bits per heavy atom. The second-order valence-corrected chi connectivity index (χ2v) is 3.04. The lowest BCUT2D eigenvalue weighted by molar-refractivity contribution is 0.0595. The van der Waals surface area contributed by atoms with E-state index in [9.17, 15) is 9.18 Å². The van der Waals surface area contributed by atoms with E-state index >= 15 is 0 Å². The Balaban J connectivity index is 2.99. The summed E-state index contributed by atoms with van der Waals surface area (Å²) in [5.41, 5.74) is 0.405. The van der Waals surface area contributed by atoms with Crippen LogP contribution >= 0.6 is 0 Å². The Bertz CT molecular complexity index is 413. The standard InChI is InChI=1S/C12H13FO3/c1-4-16-8(2)9-5-6-10(11(13)7-9)12(14)15-3/h5-7H,2,4H2,1,3H3. The first-order chi connectivity index (χ1) is 7.60. The highest BCUT2D eigenvalue weighted by molar-refractivity contribution is 5.90. The van der Waals surface area contributed by atoms with Gasteiger partial charge in [-0.25, -0.2) is 9.18 Å². The molecule has 0 aromatic heterocycles. The van der Waals surface area contributed by atoms with Crippen molar-refractivity contribution in [3.63, 3.8) is 0 Å². The van der Waals surface area contributed by atoms with Crippen molar-refractivity contribution in [3.8, 4) is 0 Å². The minimum Gasteiger partial charge on any atom is -0.494 e. The van der Waals surface area contributed by atoms with Gasteiger partial charge < -0.3 is 9.47 Å². The molecule has 0 saturated carbocycles. The molecule has 0 heterocycles. The highest BCUT2D eigenvalue weighted by Gasteiger charge is 2.13. The van der Waals surface area contributed by atoms with Gasteiger partial charge in [0.1, 0.15) is 11.6 Å². The smallest absolute Gasteiger partial charge is 0.340 e. The number of hydrogen-bond donors (Lipinski definition) is 0. The average Bonchev–Trinajstić information content (AvgIpc) is 2.28. The summed E-state index contributed by atoms with van der Waals surface area (Å²) in [6.45, 7) is 5.91. The van der Waals surface area contributed by atoms with Crippen molar-refractivity contribution >= 4 is 11.7 Å². The number of methoxy groups -OCH3 is 1. The third kappa shape index (κ3) is 2.59. The summed E-state index contributed by atoms with van der Waals surface area (Å²) in [5.74, 6) is -0.978. The number of hydrogen-bond acceptors (Lipinski definition) is 3. The van der Waals surface area contributed by atoms with Crippen LogP contribution in [0.4, 0.5) is 4.39 Å². The molecule has 0 spiro atoms. The minimum atomic E-state index is -0.703. The molecule has 0 amide bonds. The van der Waals surface area contributed by atoms with Crippen LogP contribution in [-0.2, 0) is 9.47 Å². The predicted octanol–water partition coefficient (Wildman–Crippen LogP) is 2.62. The molecule has 0 saturated heterocycles.